The van der Waals surface area contributed by atoms with Gasteiger partial charge in [0, 0.05) is 6.54 Å². The average molecular weight is 320 g/mol. The number of nitrogens with zero attached hydrogens (tertiary/aromatic N) is 5. The van der Waals surface area contributed by atoms with Crippen LogP contribution in [0.25, 0.3) is 0 Å². The van der Waals surface area contributed by atoms with Crippen molar-refractivity contribution in [3.05, 3.63) is 33.8 Å². The van der Waals surface area contributed by atoms with Gasteiger partial charge in [-0.1, -0.05) is 6.92 Å². The number of nitro groups is 1. The highest BCUT2D eigenvalue weighted by Gasteiger charge is 2.27. The highest BCUT2D eigenvalue weighted by molar-refractivity contribution is 5.94. The lowest BCUT2D eigenvalue weighted by Gasteiger charge is -2.14. The van der Waals surface area contributed by atoms with Gasteiger partial charge in [-0.05, 0) is 32.1 Å². The molecule has 0 aliphatic rings. The fraction of sp³-hybridized carbons (Fsp3) is 0.500. The van der Waals surface area contributed by atoms with Crippen LogP contribution in [-0.2, 0) is 11.3 Å². The highest BCUT2D eigenvalue weighted by Crippen LogP contribution is 2.21. The predicted octanol–water partition coefficient (Wildman–Crippen LogP) is 2.21. The number of hydrogen-bond donors (Lipinski definition) is 1. The zero-order chi connectivity index (χ0) is 17.1. The van der Waals surface area contributed by atoms with Crippen molar-refractivity contribution in [2.45, 2.75) is 46.7 Å². The van der Waals surface area contributed by atoms with Gasteiger partial charge in [0.1, 0.15) is 0 Å². The molecule has 0 fully saturated rings. The van der Waals surface area contributed by atoms with Gasteiger partial charge in [0.15, 0.2) is 6.04 Å². The van der Waals surface area contributed by atoms with E-state index in [1.165, 1.54) is 10.7 Å². The molecule has 0 aliphatic heterocycles. The van der Waals surface area contributed by atoms with E-state index in [-0.39, 0.29) is 11.7 Å². The van der Waals surface area contributed by atoms with E-state index in [0.717, 1.165) is 5.69 Å². The van der Waals surface area contributed by atoms with Gasteiger partial charge < -0.3 is 15.4 Å². The molecule has 0 saturated heterocycles. The van der Waals surface area contributed by atoms with Gasteiger partial charge in [-0.25, -0.2) is 0 Å². The number of carbonyl (C=O) groups is 1. The van der Waals surface area contributed by atoms with E-state index in [0.29, 0.717) is 24.3 Å². The first-order valence-electron chi connectivity index (χ1n) is 7.42. The molecule has 23 heavy (non-hydrogen) atoms. The minimum Gasteiger partial charge on any atom is -0.358 e. The number of anilines is 1. The SMILES string of the molecule is CCC(C(=O)Nc1cnn(CC)c1C)n1nc([N+](=O)[O-])cc1C. The van der Waals surface area contributed by atoms with E-state index in [1.54, 1.807) is 17.8 Å². The van der Waals surface area contributed by atoms with Crippen LogP contribution >= 0.6 is 0 Å². The molecule has 1 N–H and O–H groups in total. The number of hydrogen-bond acceptors (Lipinski definition) is 5. The van der Waals surface area contributed by atoms with Gasteiger partial charge in [-0.15, -0.1) is 0 Å². The van der Waals surface area contributed by atoms with Gasteiger partial charge in [0.2, 0.25) is 0 Å². The minimum absolute atomic E-state index is 0.260. The van der Waals surface area contributed by atoms with Crippen molar-refractivity contribution in [2.75, 3.05) is 5.32 Å². The largest absolute Gasteiger partial charge is 0.390 e. The maximum atomic E-state index is 12.5. The van der Waals surface area contributed by atoms with Crippen molar-refractivity contribution in [3.63, 3.8) is 0 Å². The summed E-state index contributed by atoms with van der Waals surface area (Å²) in [6, 6.07) is 0.740. The van der Waals surface area contributed by atoms with Gasteiger partial charge in [-0.3, -0.25) is 9.48 Å². The zero-order valence-electron chi connectivity index (χ0n) is 13.6. The Morgan fingerprint density at radius 2 is 2.13 bits per heavy atom. The molecular weight excluding hydrogens is 300 g/mol. The monoisotopic (exact) mass is 320 g/mol. The Labute approximate surface area is 133 Å². The first-order valence-corrected chi connectivity index (χ1v) is 7.42. The molecule has 0 bridgehead atoms. The van der Waals surface area contributed by atoms with Crippen LogP contribution in [0.3, 0.4) is 0 Å². The van der Waals surface area contributed by atoms with Crippen molar-refractivity contribution in [3.8, 4) is 0 Å². The van der Waals surface area contributed by atoms with Crippen LogP contribution in [0.15, 0.2) is 12.3 Å². The Balaban J connectivity index is 2.25. The first kappa shape index (κ1) is 16.7. The highest BCUT2D eigenvalue weighted by atomic mass is 16.6. The lowest BCUT2D eigenvalue weighted by atomic mass is 10.2. The number of nitrogens with one attached hydrogen (secondary N) is 1. The van der Waals surface area contributed by atoms with Crippen LogP contribution in [-0.4, -0.2) is 30.4 Å². The quantitative estimate of drug-likeness (QED) is 0.648. The molecule has 0 spiro atoms. The molecule has 1 unspecified atom stereocenters. The second kappa shape index (κ2) is 6.59. The van der Waals surface area contributed by atoms with Gasteiger partial charge >= 0.3 is 5.82 Å². The summed E-state index contributed by atoms with van der Waals surface area (Å²) in [5.41, 5.74) is 2.06. The third kappa shape index (κ3) is 3.22. The second-order valence-corrected chi connectivity index (χ2v) is 5.22. The van der Waals surface area contributed by atoms with Crippen LogP contribution in [0.1, 0.15) is 37.7 Å². The predicted molar refractivity (Wildman–Crippen MR) is 84.2 cm³/mol. The van der Waals surface area contributed by atoms with Crippen LogP contribution < -0.4 is 5.32 Å². The molecule has 2 rings (SSSR count). The van der Waals surface area contributed by atoms with E-state index in [2.05, 4.69) is 15.5 Å². The van der Waals surface area contributed by atoms with E-state index < -0.39 is 11.0 Å². The molecule has 124 valence electrons. The van der Waals surface area contributed by atoms with Crippen molar-refractivity contribution < 1.29 is 9.72 Å². The average Bonchev–Trinajstić information content (AvgIpc) is 3.05. The molecule has 2 aromatic rings. The van der Waals surface area contributed by atoms with E-state index in [9.17, 15) is 14.9 Å². The molecule has 0 aliphatic carbocycles. The van der Waals surface area contributed by atoms with Crippen molar-refractivity contribution in [1.29, 1.82) is 0 Å². The Bertz CT molecular complexity index is 733. The molecule has 0 radical (unpaired) electrons. The summed E-state index contributed by atoms with van der Waals surface area (Å²) in [7, 11) is 0. The molecule has 9 nitrogen and oxygen atoms in total. The summed E-state index contributed by atoms with van der Waals surface area (Å²) in [5.74, 6) is -0.531. The van der Waals surface area contributed by atoms with E-state index in [1.807, 2.05) is 20.8 Å². The molecule has 2 aromatic heterocycles. The minimum atomic E-state index is -0.618. The standard InChI is InChI=1S/C14H20N6O3/c1-5-12(19-9(3)7-13(17-19)20(22)23)14(21)16-11-8-15-18(6-2)10(11)4/h7-8,12H,5-6H2,1-4H3,(H,16,21). The summed E-state index contributed by atoms with van der Waals surface area (Å²) in [6.45, 7) is 8.07. The Hall–Kier alpha value is -2.71. The number of amides is 1. The zero-order valence-corrected chi connectivity index (χ0v) is 13.6. The summed E-state index contributed by atoms with van der Waals surface area (Å²) < 4.78 is 3.17. The number of aromatic nitrogens is 4. The summed E-state index contributed by atoms with van der Waals surface area (Å²) in [6.07, 6.45) is 2.06. The van der Waals surface area contributed by atoms with E-state index in [4.69, 9.17) is 0 Å². The van der Waals surface area contributed by atoms with Crippen LogP contribution in [0.2, 0.25) is 0 Å². The van der Waals surface area contributed by atoms with Gasteiger partial charge in [0.25, 0.3) is 5.91 Å². The fourth-order valence-corrected chi connectivity index (χ4v) is 2.45. The summed E-state index contributed by atoms with van der Waals surface area (Å²) in [5, 5.41) is 21.8. The third-order valence-electron chi connectivity index (χ3n) is 3.74. The summed E-state index contributed by atoms with van der Waals surface area (Å²) >= 11 is 0. The molecule has 0 aromatic carbocycles. The molecule has 1 amide bonds. The maximum Gasteiger partial charge on any atom is 0.390 e. The Morgan fingerprint density at radius 1 is 1.43 bits per heavy atom. The molecule has 2 heterocycles. The van der Waals surface area contributed by atoms with Crippen LogP contribution in [0.4, 0.5) is 11.5 Å². The lowest BCUT2D eigenvalue weighted by molar-refractivity contribution is -0.389. The summed E-state index contributed by atoms with van der Waals surface area (Å²) in [4.78, 5) is 22.8. The Morgan fingerprint density at radius 3 is 2.61 bits per heavy atom. The van der Waals surface area contributed by atoms with Gasteiger partial charge in [0.05, 0.1) is 34.4 Å². The maximum absolute atomic E-state index is 12.5. The molecule has 1 atom stereocenters. The topological polar surface area (TPSA) is 108 Å². The van der Waals surface area contributed by atoms with Crippen molar-refractivity contribution >= 4 is 17.4 Å². The smallest absolute Gasteiger partial charge is 0.358 e. The lowest BCUT2D eigenvalue weighted by Crippen LogP contribution is -2.27. The normalized spacial score (nSPS) is 12.2. The van der Waals surface area contributed by atoms with Crippen LogP contribution in [0.5, 0.6) is 0 Å². The van der Waals surface area contributed by atoms with Crippen LogP contribution in [0, 0.1) is 24.0 Å². The van der Waals surface area contributed by atoms with E-state index >= 15 is 0 Å². The number of rotatable bonds is 6. The van der Waals surface area contributed by atoms with Crippen molar-refractivity contribution in [1.82, 2.24) is 19.6 Å². The third-order valence-corrected chi connectivity index (χ3v) is 3.74. The second-order valence-electron chi connectivity index (χ2n) is 5.22. The molecule has 0 saturated carbocycles. The molecular formula is C14H20N6O3. The molecule has 9 heteroatoms. The Kier molecular flexibility index (Phi) is 4.77. The first-order chi connectivity index (χ1) is 10.9. The fourth-order valence-electron chi connectivity index (χ4n) is 2.45. The van der Waals surface area contributed by atoms with Gasteiger partial charge in [-0.2, -0.15) is 9.78 Å². The van der Waals surface area contributed by atoms with Crippen molar-refractivity contribution in [2.24, 2.45) is 0 Å². The number of carbonyl (C=O) groups excluding carboxylic acids is 1. The number of aryl methyl sites for hydroxylation is 2.